The number of nitrogens with zero attached hydrogens (tertiary/aromatic N) is 5. The third kappa shape index (κ3) is 6.57. The van der Waals surface area contributed by atoms with Crippen molar-refractivity contribution in [3.63, 3.8) is 0 Å². The number of carbonyl (C=O) groups excluding carboxylic acids is 1. The van der Waals surface area contributed by atoms with E-state index in [1.807, 2.05) is 50.2 Å². The van der Waals surface area contributed by atoms with Crippen LogP contribution < -0.4 is 15.5 Å². The number of hydrogen-bond donors (Lipinski definition) is 3. The Labute approximate surface area is 228 Å². The highest BCUT2D eigenvalue weighted by Gasteiger charge is 2.22. The lowest BCUT2D eigenvalue weighted by atomic mass is 10.0. The van der Waals surface area contributed by atoms with Crippen LogP contribution in [0.25, 0.3) is 22.0 Å². The number of benzene rings is 2. The number of hydrogen-bond acceptors (Lipinski definition) is 8. The average molecular weight is 524 g/mol. The standard InChI is InChI=1S/C30H33N7O2/c1-4-27(38)33-24-16-22(17-31-19-24)26-7-5-6-21-18-32-29(35-28(21)26)34-23-8-10-25(11-9-23)37-14-12-36(13-15-37)20-30(2,3)39/h4-11,16-19,39H,1,12-15,20H2,2-3H3,(H,33,38)(H,32,34,35). The molecular formula is C30H33N7O2. The molecule has 1 fully saturated rings. The molecule has 1 aliphatic heterocycles. The fourth-order valence-electron chi connectivity index (χ4n) is 4.79. The molecule has 0 atom stereocenters. The van der Waals surface area contributed by atoms with Crippen molar-refractivity contribution in [2.24, 2.45) is 0 Å². The van der Waals surface area contributed by atoms with E-state index < -0.39 is 5.60 Å². The first-order valence-electron chi connectivity index (χ1n) is 13.0. The molecule has 0 bridgehead atoms. The Morgan fingerprint density at radius 3 is 2.54 bits per heavy atom. The van der Waals surface area contributed by atoms with Crippen molar-refractivity contribution >= 4 is 39.8 Å². The van der Waals surface area contributed by atoms with E-state index in [4.69, 9.17) is 4.98 Å². The van der Waals surface area contributed by atoms with E-state index in [0.29, 0.717) is 18.2 Å². The van der Waals surface area contributed by atoms with Crippen LogP contribution in [0.4, 0.5) is 23.0 Å². The molecule has 9 nitrogen and oxygen atoms in total. The molecule has 5 rings (SSSR count). The molecule has 3 N–H and O–H groups in total. The van der Waals surface area contributed by atoms with Gasteiger partial charge in [0.15, 0.2) is 0 Å². The van der Waals surface area contributed by atoms with Crippen molar-refractivity contribution in [3.8, 4) is 11.1 Å². The summed E-state index contributed by atoms with van der Waals surface area (Å²) in [6.07, 6.45) is 6.36. The van der Waals surface area contributed by atoms with Crippen molar-refractivity contribution in [3.05, 3.63) is 79.8 Å². The summed E-state index contributed by atoms with van der Waals surface area (Å²) in [5, 5.41) is 17.1. The van der Waals surface area contributed by atoms with Crippen LogP contribution in [-0.4, -0.2) is 69.2 Å². The van der Waals surface area contributed by atoms with Crippen molar-refractivity contribution < 1.29 is 9.90 Å². The lowest BCUT2D eigenvalue weighted by molar-refractivity contribution is -0.111. The van der Waals surface area contributed by atoms with Gasteiger partial charge in [-0.25, -0.2) is 9.97 Å². The Hall–Kier alpha value is -4.34. The summed E-state index contributed by atoms with van der Waals surface area (Å²) in [5.41, 5.74) is 4.47. The molecule has 2 aromatic heterocycles. The molecular weight excluding hydrogens is 490 g/mol. The van der Waals surface area contributed by atoms with Gasteiger partial charge in [-0.1, -0.05) is 24.8 Å². The summed E-state index contributed by atoms with van der Waals surface area (Å²) in [6.45, 7) is 11.6. The minimum atomic E-state index is -0.676. The van der Waals surface area contributed by atoms with E-state index in [-0.39, 0.29) is 5.91 Å². The van der Waals surface area contributed by atoms with Gasteiger partial charge in [0.2, 0.25) is 11.9 Å². The molecule has 2 aromatic carbocycles. The number of para-hydroxylation sites is 1. The molecule has 0 aliphatic carbocycles. The highest BCUT2D eigenvalue weighted by molar-refractivity contribution is 6.00. The van der Waals surface area contributed by atoms with Crippen molar-refractivity contribution in [2.75, 3.05) is 48.3 Å². The monoisotopic (exact) mass is 523 g/mol. The molecule has 9 heteroatoms. The third-order valence-electron chi connectivity index (χ3n) is 6.58. The van der Waals surface area contributed by atoms with Crippen molar-refractivity contribution in [1.29, 1.82) is 0 Å². The minimum Gasteiger partial charge on any atom is -0.389 e. The zero-order valence-electron chi connectivity index (χ0n) is 22.3. The SMILES string of the molecule is C=CC(=O)Nc1cncc(-c2cccc3cnc(Nc4ccc(N5CCN(CC(C)(C)O)CC5)cc4)nc23)c1. The first kappa shape index (κ1) is 26.3. The molecule has 3 heterocycles. The maximum absolute atomic E-state index is 11.7. The summed E-state index contributed by atoms with van der Waals surface area (Å²) < 4.78 is 0. The lowest BCUT2D eigenvalue weighted by Gasteiger charge is -2.38. The van der Waals surface area contributed by atoms with Gasteiger partial charge in [-0.15, -0.1) is 0 Å². The second-order valence-corrected chi connectivity index (χ2v) is 10.3. The molecule has 1 aliphatic rings. The summed E-state index contributed by atoms with van der Waals surface area (Å²) in [6, 6.07) is 16.0. The van der Waals surface area contributed by atoms with Crippen LogP contribution in [0.15, 0.2) is 79.8 Å². The molecule has 0 spiro atoms. The van der Waals surface area contributed by atoms with Crippen LogP contribution in [0.1, 0.15) is 13.8 Å². The Morgan fingerprint density at radius 2 is 1.82 bits per heavy atom. The van der Waals surface area contributed by atoms with E-state index in [0.717, 1.165) is 53.9 Å². The number of carbonyl (C=O) groups is 1. The highest BCUT2D eigenvalue weighted by atomic mass is 16.3. The minimum absolute atomic E-state index is 0.292. The smallest absolute Gasteiger partial charge is 0.247 e. The second kappa shape index (κ2) is 11.2. The number of rotatable bonds is 8. The van der Waals surface area contributed by atoms with Crippen molar-refractivity contribution in [1.82, 2.24) is 19.9 Å². The normalized spacial score (nSPS) is 14.3. The largest absolute Gasteiger partial charge is 0.389 e. The number of β-amino-alcohol motifs (C(OH)–C–C–N with tert-alkyl or cyclic N) is 1. The first-order valence-corrected chi connectivity index (χ1v) is 13.0. The number of amides is 1. The number of piperazine rings is 1. The predicted octanol–water partition coefficient (Wildman–Crippen LogP) is 4.45. The van der Waals surface area contributed by atoms with Gasteiger partial charge in [-0.2, -0.15) is 0 Å². The predicted molar refractivity (Wildman–Crippen MR) is 156 cm³/mol. The van der Waals surface area contributed by atoms with Crippen LogP contribution in [-0.2, 0) is 4.79 Å². The number of aliphatic hydroxyl groups is 1. The Balaban J connectivity index is 1.30. The summed E-state index contributed by atoms with van der Waals surface area (Å²) in [7, 11) is 0. The van der Waals surface area contributed by atoms with Gasteiger partial charge >= 0.3 is 0 Å². The van der Waals surface area contributed by atoms with Gasteiger partial charge in [0, 0.05) is 73.0 Å². The fourth-order valence-corrected chi connectivity index (χ4v) is 4.79. The van der Waals surface area contributed by atoms with Crippen LogP contribution in [0, 0.1) is 0 Å². The number of fused-ring (bicyclic) bond motifs is 1. The van der Waals surface area contributed by atoms with Crippen LogP contribution in [0.3, 0.4) is 0 Å². The zero-order chi connectivity index (χ0) is 27.4. The van der Waals surface area contributed by atoms with Gasteiger partial charge in [0.1, 0.15) is 0 Å². The molecule has 4 aromatic rings. The Bertz CT molecular complexity index is 1470. The second-order valence-electron chi connectivity index (χ2n) is 10.3. The lowest BCUT2D eigenvalue weighted by Crippen LogP contribution is -2.50. The van der Waals surface area contributed by atoms with Crippen LogP contribution in [0.5, 0.6) is 0 Å². The van der Waals surface area contributed by atoms with E-state index >= 15 is 0 Å². The number of anilines is 4. The molecule has 1 amide bonds. The number of aromatic nitrogens is 3. The summed E-state index contributed by atoms with van der Waals surface area (Å²) in [4.78, 5) is 30.0. The van der Waals surface area contributed by atoms with Gasteiger partial charge < -0.3 is 20.6 Å². The molecule has 0 radical (unpaired) electrons. The van der Waals surface area contributed by atoms with E-state index in [1.54, 1.807) is 18.6 Å². The fraction of sp³-hybridized carbons (Fsp3) is 0.267. The summed E-state index contributed by atoms with van der Waals surface area (Å²) in [5.74, 6) is 0.201. The molecule has 0 saturated carbocycles. The molecule has 200 valence electrons. The van der Waals surface area contributed by atoms with E-state index in [2.05, 4.69) is 49.1 Å². The van der Waals surface area contributed by atoms with Gasteiger partial charge in [-0.05, 0) is 50.3 Å². The zero-order valence-corrected chi connectivity index (χ0v) is 22.3. The van der Waals surface area contributed by atoms with Gasteiger partial charge in [0.05, 0.1) is 23.0 Å². The Morgan fingerprint density at radius 1 is 1.05 bits per heavy atom. The van der Waals surface area contributed by atoms with Gasteiger partial charge in [0.25, 0.3) is 0 Å². The first-order chi connectivity index (χ1) is 18.8. The summed E-state index contributed by atoms with van der Waals surface area (Å²) >= 11 is 0. The van der Waals surface area contributed by atoms with Crippen LogP contribution in [0.2, 0.25) is 0 Å². The number of nitrogens with one attached hydrogen (secondary N) is 2. The quantitative estimate of drug-likeness (QED) is 0.291. The maximum atomic E-state index is 11.7. The average Bonchev–Trinajstić information content (AvgIpc) is 2.93. The number of pyridine rings is 1. The van der Waals surface area contributed by atoms with Gasteiger partial charge in [-0.3, -0.25) is 14.7 Å². The molecule has 1 saturated heterocycles. The Kier molecular flexibility index (Phi) is 7.53. The van der Waals surface area contributed by atoms with Crippen LogP contribution >= 0.6 is 0 Å². The highest BCUT2D eigenvalue weighted by Crippen LogP contribution is 2.29. The topological polar surface area (TPSA) is 107 Å². The molecule has 39 heavy (non-hydrogen) atoms. The van der Waals surface area contributed by atoms with E-state index in [1.165, 1.54) is 11.8 Å². The maximum Gasteiger partial charge on any atom is 0.247 e. The van der Waals surface area contributed by atoms with Crippen molar-refractivity contribution in [2.45, 2.75) is 19.4 Å². The molecule has 0 unspecified atom stereocenters. The third-order valence-corrected chi connectivity index (χ3v) is 6.58. The van der Waals surface area contributed by atoms with E-state index in [9.17, 15) is 9.90 Å².